The molecule has 0 atom stereocenters. The van der Waals surface area contributed by atoms with Crippen LogP contribution in [0.5, 0.6) is 0 Å². The molecule has 0 aromatic heterocycles. The SMILES string of the molecule is CC(=O)N(C(=O)CCc1ccccc1F)c1cc(Br)cc2c1NCC2. The molecule has 2 aromatic carbocycles. The summed E-state index contributed by atoms with van der Waals surface area (Å²) in [6.07, 6.45) is 1.15. The van der Waals surface area contributed by atoms with Crippen molar-refractivity contribution in [1.82, 2.24) is 0 Å². The van der Waals surface area contributed by atoms with E-state index in [0.717, 1.165) is 28.7 Å². The van der Waals surface area contributed by atoms with Crippen molar-refractivity contribution in [3.05, 3.63) is 57.8 Å². The molecule has 1 aliphatic rings. The maximum atomic E-state index is 13.7. The number of nitrogens with one attached hydrogen (secondary N) is 1. The molecule has 0 aliphatic carbocycles. The smallest absolute Gasteiger partial charge is 0.234 e. The number of hydrogen-bond donors (Lipinski definition) is 1. The minimum Gasteiger partial charge on any atom is -0.383 e. The number of anilines is 2. The molecule has 0 unspecified atom stereocenters. The summed E-state index contributed by atoms with van der Waals surface area (Å²) in [5.74, 6) is -1.04. The lowest BCUT2D eigenvalue weighted by Crippen LogP contribution is -2.36. The van der Waals surface area contributed by atoms with Gasteiger partial charge in [0.1, 0.15) is 5.82 Å². The molecular formula is C19H18BrFN2O2. The van der Waals surface area contributed by atoms with Gasteiger partial charge in [-0.25, -0.2) is 9.29 Å². The third-order valence-electron chi connectivity index (χ3n) is 4.23. The fourth-order valence-corrected chi connectivity index (χ4v) is 3.57. The summed E-state index contributed by atoms with van der Waals surface area (Å²) in [4.78, 5) is 26.1. The van der Waals surface area contributed by atoms with Gasteiger partial charge < -0.3 is 5.32 Å². The molecule has 0 saturated heterocycles. The van der Waals surface area contributed by atoms with Crippen LogP contribution in [0.1, 0.15) is 24.5 Å². The Bertz CT molecular complexity index is 838. The van der Waals surface area contributed by atoms with E-state index in [-0.39, 0.29) is 30.5 Å². The maximum Gasteiger partial charge on any atom is 0.234 e. The van der Waals surface area contributed by atoms with Crippen LogP contribution < -0.4 is 10.2 Å². The van der Waals surface area contributed by atoms with Gasteiger partial charge in [-0.2, -0.15) is 0 Å². The molecule has 0 radical (unpaired) electrons. The Kier molecular flexibility index (Phi) is 5.18. The number of aryl methyl sites for hydroxylation is 1. The Morgan fingerprint density at radius 2 is 2.04 bits per heavy atom. The van der Waals surface area contributed by atoms with E-state index in [1.807, 2.05) is 6.07 Å². The number of halogens is 2. The number of hydrogen-bond acceptors (Lipinski definition) is 3. The lowest BCUT2D eigenvalue weighted by atomic mass is 10.1. The van der Waals surface area contributed by atoms with Crippen LogP contribution in [0.25, 0.3) is 0 Å². The number of benzene rings is 2. The fourth-order valence-electron chi connectivity index (χ4n) is 3.08. The van der Waals surface area contributed by atoms with Crippen LogP contribution in [0.3, 0.4) is 0 Å². The van der Waals surface area contributed by atoms with Gasteiger partial charge in [0.2, 0.25) is 11.8 Å². The zero-order valence-corrected chi connectivity index (χ0v) is 15.4. The van der Waals surface area contributed by atoms with E-state index in [2.05, 4.69) is 21.2 Å². The summed E-state index contributed by atoms with van der Waals surface area (Å²) in [5, 5.41) is 3.24. The van der Waals surface area contributed by atoms with Crippen LogP contribution in [0.2, 0.25) is 0 Å². The Balaban J connectivity index is 1.86. The Morgan fingerprint density at radius 1 is 1.28 bits per heavy atom. The third-order valence-corrected chi connectivity index (χ3v) is 4.69. The van der Waals surface area contributed by atoms with Crippen molar-refractivity contribution >= 4 is 39.1 Å². The molecule has 130 valence electrons. The Hall–Kier alpha value is -2.21. The van der Waals surface area contributed by atoms with Gasteiger partial charge in [0.05, 0.1) is 11.4 Å². The van der Waals surface area contributed by atoms with E-state index in [1.54, 1.807) is 24.3 Å². The molecule has 3 rings (SSSR count). The highest BCUT2D eigenvalue weighted by Crippen LogP contribution is 2.37. The molecule has 0 saturated carbocycles. The summed E-state index contributed by atoms with van der Waals surface area (Å²) >= 11 is 3.44. The molecule has 1 heterocycles. The van der Waals surface area contributed by atoms with Crippen molar-refractivity contribution in [3.8, 4) is 0 Å². The lowest BCUT2D eigenvalue weighted by molar-refractivity contribution is -0.125. The van der Waals surface area contributed by atoms with Crippen molar-refractivity contribution < 1.29 is 14.0 Å². The first kappa shape index (κ1) is 17.6. The van der Waals surface area contributed by atoms with Crippen LogP contribution >= 0.6 is 15.9 Å². The summed E-state index contributed by atoms with van der Waals surface area (Å²) < 4.78 is 14.6. The second-order valence-corrected chi connectivity index (χ2v) is 6.89. The predicted molar refractivity (Wildman–Crippen MR) is 99.2 cm³/mol. The number of amides is 2. The summed E-state index contributed by atoms with van der Waals surface area (Å²) in [5.41, 5.74) is 2.90. The molecule has 1 aliphatic heterocycles. The highest BCUT2D eigenvalue weighted by molar-refractivity contribution is 9.10. The molecule has 25 heavy (non-hydrogen) atoms. The van der Waals surface area contributed by atoms with Gasteiger partial charge >= 0.3 is 0 Å². The van der Waals surface area contributed by atoms with E-state index in [4.69, 9.17) is 0 Å². The first-order valence-electron chi connectivity index (χ1n) is 8.10. The van der Waals surface area contributed by atoms with E-state index >= 15 is 0 Å². The highest BCUT2D eigenvalue weighted by Gasteiger charge is 2.26. The molecule has 4 nitrogen and oxygen atoms in total. The normalized spacial score (nSPS) is 12.4. The number of imide groups is 1. The van der Waals surface area contributed by atoms with Crippen LogP contribution in [0, 0.1) is 5.82 Å². The number of fused-ring (bicyclic) bond motifs is 1. The molecule has 0 fully saturated rings. The van der Waals surface area contributed by atoms with E-state index in [0.29, 0.717) is 11.3 Å². The van der Waals surface area contributed by atoms with Crippen molar-refractivity contribution in [2.24, 2.45) is 0 Å². The maximum absolute atomic E-state index is 13.7. The molecular weight excluding hydrogens is 387 g/mol. The van der Waals surface area contributed by atoms with Gasteiger partial charge in [0.25, 0.3) is 0 Å². The van der Waals surface area contributed by atoms with Gasteiger partial charge in [-0.1, -0.05) is 34.1 Å². The number of nitrogens with zero attached hydrogens (tertiary/aromatic N) is 1. The van der Waals surface area contributed by atoms with Crippen molar-refractivity contribution in [1.29, 1.82) is 0 Å². The summed E-state index contributed by atoms with van der Waals surface area (Å²) in [6.45, 7) is 2.14. The van der Waals surface area contributed by atoms with Crippen LogP contribution in [-0.4, -0.2) is 18.4 Å². The van der Waals surface area contributed by atoms with Crippen molar-refractivity contribution in [2.45, 2.75) is 26.2 Å². The minimum absolute atomic E-state index is 0.0573. The second-order valence-electron chi connectivity index (χ2n) is 5.98. The topological polar surface area (TPSA) is 49.4 Å². The Labute approximate surface area is 154 Å². The Morgan fingerprint density at radius 3 is 2.76 bits per heavy atom. The molecule has 2 amide bonds. The molecule has 1 N–H and O–H groups in total. The minimum atomic E-state index is -0.354. The standard InChI is InChI=1S/C19H18BrFN2O2/c1-12(24)23(17-11-15(20)10-14-8-9-22-19(14)17)18(25)7-6-13-4-2-3-5-16(13)21/h2-5,10-11,22H,6-9H2,1H3. The zero-order chi connectivity index (χ0) is 18.0. The average Bonchev–Trinajstić information content (AvgIpc) is 3.02. The average molecular weight is 405 g/mol. The predicted octanol–water partition coefficient (Wildman–Crippen LogP) is 4.07. The van der Waals surface area contributed by atoms with Gasteiger partial charge in [-0.05, 0) is 42.2 Å². The van der Waals surface area contributed by atoms with Gasteiger partial charge in [-0.3, -0.25) is 9.59 Å². The van der Waals surface area contributed by atoms with E-state index in [9.17, 15) is 14.0 Å². The number of carbonyl (C=O) groups excluding carboxylic acids is 2. The first-order valence-corrected chi connectivity index (χ1v) is 8.90. The fraction of sp³-hybridized carbons (Fsp3) is 0.263. The third kappa shape index (κ3) is 3.74. The highest BCUT2D eigenvalue weighted by atomic mass is 79.9. The number of rotatable bonds is 4. The summed E-state index contributed by atoms with van der Waals surface area (Å²) in [6, 6.07) is 10.1. The zero-order valence-electron chi connectivity index (χ0n) is 13.8. The molecule has 0 spiro atoms. The number of carbonyl (C=O) groups is 2. The monoisotopic (exact) mass is 404 g/mol. The van der Waals surface area contributed by atoms with E-state index < -0.39 is 0 Å². The van der Waals surface area contributed by atoms with Crippen LogP contribution in [-0.2, 0) is 22.4 Å². The van der Waals surface area contributed by atoms with Crippen molar-refractivity contribution in [2.75, 3.05) is 16.8 Å². The van der Waals surface area contributed by atoms with Gasteiger partial charge in [0.15, 0.2) is 0 Å². The first-order chi connectivity index (χ1) is 12.0. The van der Waals surface area contributed by atoms with Crippen LogP contribution in [0.4, 0.5) is 15.8 Å². The van der Waals surface area contributed by atoms with Crippen molar-refractivity contribution in [3.63, 3.8) is 0 Å². The van der Waals surface area contributed by atoms with Gasteiger partial charge in [-0.15, -0.1) is 0 Å². The van der Waals surface area contributed by atoms with E-state index in [1.165, 1.54) is 17.9 Å². The molecule has 2 aromatic rings. The molecule has 6 heteroatoms. The lowest BCUT2D eigenvalue weighted by Gasteiger charge is -2.22. The summed E-state index contributed by atoms with van der Waals surface area (Å²) in [7, 11) is 0. The van der Waals surface area contributed by atoms with Gasteiger partial charge in [0, 0.05) is 24.4 Å². The largest absolute Gasteiger partial charge is 0.383 e. The quantitative estimate of drug-likeness (QED) is 0.835. The second kappa shape index (κ2) is 7.35. The van der Waals surface area contributed by atoms with Crippen LogP contribution in [0.15, 0.2) is 40.9 Å². The molecule has 0 bridgehead atoms.